The first-order valence-corrected chi connectivity index (χ1v) is 11.0. The molecule has 1 saturated heterocycles. The Bertz CT molecular complexity index is 1050. The number of nitrogens with zero attached hydrogens (tertiary/aromatic N) is 5. The lowest BCUT2D eigenvalue weighted by molar-refractivity contribution is 0.183. The van der Waals surface area contributed by atoms with Crippen LogP contribution in [0.1, 0.15) is 38.3 Å². The van der Waals surface area contributed by atoms with Crippen LogP contribution in [0.5, 0.6) is 5.75 Å². The Morgan fingerprint density at radius 2 is 1.65 bits per heavy atom. The van der Waals surface area contributed by atoms with Gasteiger partial charge >= 0.3 is 0 Å². The van der Waals surface area contributed by atoms with Gasteiger partial charge in [-0.3, -0.25) is 0 Å². The summed E-state index contributed by atoms with van der Waals surface area (Å²) in [5.74, 6) is 0.245. The molecule has 6 heteroatoms. The number of hydrogen-bond acceptors (Lipinski definition) is 5. The summed E-state index contributed by atoms with van der Waals surface area (Å²) < 4.78 is 0. The van der Waals surface area contributed by atoms with E-state index >= 15 is 0 Å². The van der Waals surface area contributed by atoms with E-state index in [1.807, 2.05) is 30.3 Å². The van der Waals surface area contributed by atoms with Gasteiger partial charge in [0.25, 0.3) is 0 Å². The summed E-state index contributed by atoms with van der Waals surface area (Å²) in [4.78, 5) is 6.31. The summed E-state index contributed by atoms with van der Waals surface area (Å²) >= 11 is 0. The number of aromatic nitrogens is 3. The third-order valence-electron chi connectivity index (χ3n) is 6.11. The molecule has 0 radical (unpaired) electrons. The van der Waals surface area contributed by atoms with Gasteiger partial charge in [-0.25, -0.2) is 0 Å². The Morgan fingerprint density at radius 1 is 1.03 bits per heavy atom. The van der Waals surface area contributed by atoms with Crippen molar-refractivity contribution in [3.63, 3.8) is 0 Å². The normalized spacial score (nSPS) is 15.5. The fourth-order valence-electron chi connectivity index (χ4n) is 4.08. The zero-order valence-corrected chi connectivity index (χ0v) is 19.1. The van der Waals surface area contributed by atoms with Gasteiger partial charge in [0.15, 0.2) is 0 Å². The second kappa shape index (κ2) is 8.35. The van der Waals surface area contributed by atoms with Crippen molar-refractivity contribution in [3.05, 3.63) is 59.8 Å². The molecule has 0 unspecified atom stereocenters. The fraction of sp³-hybridized carbons (Fsp3) is 0.440. The average molecular weight is 420 g/mol. The number of hydrogen-bond donors (Lipinski definition) is 1. The second-order valence-corrected chi connectivity index (χ2v) is 9.60. The lowest BCUT2D eigenvalue weighted by atomic mass is 9.84. The highest BCUT2D eigenvalue weighted by Gasteiger charge is 2.23. The number of phenols is 1. The fourth-order valence-corrected chi connectivity index (χ4v) is 4.08. The molecule has 1 aromatic heterocycles. The van der Waals surface area contributed by atoms with Crippen LogP contribution in [-0.2, 0) is 11.8 Å². The third kappa shape index (κ3) is 4.59. The Labute approximate surface area is 184 Å². The minimum atomic E-state index is -0.199. The SMILES string of the molecule is C=C(CCc1cc(-n2nc3ccccc3n2)c(O)c(C(C)(C)C)c1)N1CCN(C)CC1. The van der Waals surface area contributed by atoms with E-state index in [9.17, 15) is 5.11 Å². The largest absolute Gasteiger partial charge is 0.505 e. The average Bonchev–Trinajstić information content (AvgIpc) is 3.16. The van der Waals surface area contributed by atoms with Crippen LogP contribution in [0.2, 0.25) is 0 Å². The van der Waals surface area contributed by atoms with Gasteiger partial charge in [-0.15, -0.1) is 15.0 Å². The van der Waals surface area contributed by atoms with Crippen molar-refractivity contribution in [3.8, 4) is 11.4 Å². The first kappa shape index (κ1) is 21.4. The van der Waals surface area contributed by atoms with Crippen LogP contribution in [0, 0.1) is 0 Å². The van der Waals surface area contributed by atoms with Gasteiger partial charge in [0, 0.05) is 37.4 Å². The molecule has 31 heavy (non-hydrogen) atoms. The molecule has 3 aromatic rings. The molecule has 4 rings (SSSR count). The molecule has 2 aromatic carbocycles. The van der Waals surface area contributed by atoms with Crippen molar-refractivity contribution >= 4 is 11.0 Å². The summed E-state index contributed by atoms with van der Waals surface area (Å²) in [6.07, 6.45) is 1.76. The predicted molar refractivity (Wildman–Crippen MR) is 126 cm³/mol. The van der Waals surface area contributed by atoms with E-state index < -0.39 is 0 Å². The van der Waals surface area contributed by atoms with Crippen molar-refractivity contribution in [1.29, 1.82) is 0 Å². The number of allylic oxidation sites excluding steroid dienone is 1. The lowest BCUT2D eigenvalue weighted by Gasteiger charge is -2.35. The van der Waals surface area contributed by atoms with E-state index in [4.69, 9.17) is 0 Å². The van der Waals surface area contributed by atoms with Gasteiger partial charge in [0.05, 0.1) is 0 Å². The van der Waals surface area contributed by atoms with Crippen molar-refractivity contribution in [2.24, 2.45) is 0 Å². The molecule has 2 heterocycles. The first-order valence-electron chi connectivity index (χ1n) is 11.0. The standard InChI is InChI=1S/C25H33N5O/c1-18(29-14-12-28(5)13-15-29)10-11-19-16-20(25(2,3)4)24(31)23(17-19)30-26-21-8-6-7-9-22(21)27-30/h6-9,16-17,31H,1,10-15H2,2-5H3. The van der Waals surface area contributed by atoms with Crippen LogP contribution < -0.4 is 0 Å². The molecule has 0 spiro atoms. The Morgan fingerprint density at radius 3 is 2.23 bits per heavy atom. The highest BCUT2D eigenvalue weighted by Crippen LogP contribution is 2.36. The molecule has 6 nitrogen and oxygen atoms in total. The lowest BCUT2D eigenvalue weighted by Crippen LogP contribution is -2.43. The van der Waals surface area contributed by atoms with E-state index in [0.29, 0.717) is 5.69 Å². The maximum atomic E-state index is 11.1. The summed E-state index contributed by atoms with van der Waals surface area (Å²) in [6, 6.07) is 11.9. The highest BCUT2D eigenvalue weighted by molar-refractivity contribution is 5.73. The summed E-state index contributed by atoms with van der Waals surface area (Å²) in [6.45, 7) is 14.9. The number of benzene rings is 2. The van der Waals surface area contributed by atoms with Crippen molar-refractivity contribution < 1.29 is 5.11 Å². The van der Waals surface area contributed by atoms with Crippen LogP contribution in [0.15, 0.2) is 48.7 Å². The minimum Gasteiger partial charge on any atom is -0.505 e. The van der Waals surface area contributed by atoms with Gasteiger partial charge in [-0.2, -0.15) is 0 Å². The quantitative estimate of drug-likeness (QED) is 0.674. The molecular weight excluding hydrogens is 386 g/mol. The van der Waals surface area contributed by atoms with Gasteiger partial charge in [-0.05, 0) is 49.1 Å². The number of rotatable bonds is 5. The maximum absolute atomic E-state index is 11.1. The third-order valence-corrected chi connectivity index (χ3v) is 6.11. The monoisotopic (exact) mass is 419 g/mol. The molecule has 1 aliphatic heterocycles. The van der Waals surface area contributed by atoms with Crippen LogP contribution in [0.3, 0.4) is 0 Å². The van der Waals surface area contributed by atoms with Gasteiger partial charge in [-0.1, -0.05) is 45.5 Å². The number of aryl methyl sites for hydroxylation is 1. The van der Waals surface area contributed by atoms with Crippen LogP contribution in [-0.4, -0.2) is 63.1 Å². The molecule has 0 amide bonds. The minimum absolute atomic E-state index is 0.199. The number of fused-ring (bicyclic) bond motifs is 1. The first-order chi connectivity index (χ1) is 14.7. The molecule has 0 atom stereocenters. The molecule has 0 aliphatic carbocycles. The molecule has 0 saturated carbocycles. The molecule has 0 bridgehead atoms. The van der Waals surface area contributed by atoms with Crippen molar-refractivity contribution in [1.82, 2.24) is 24.8 Å². The van der Waals surface area contributed by atoms with E-state index in [0.717, 1.165) is 61.2 Å². The topological polar surface area (TPSA) is 57.4 Å². The number of phenolic OH excluding ortho intramolecular Hbond substituents is 1. The van der Waals surface area contributed by atoms with Crippen molar-refractivity contribution in [2.75, 3.05) is 33.2 Å². The molecule has 164 valence electrons. The van der Waals surface area contributed by atoms with E-state index in [-0.39, 0.29) is 11.2 Å². The van der Waals surface area contributed by atoms with E-state index in [2.05, 4.69) is 60.5 Å². The Hall–Kier alpha value is -2.86. The second-order valence-electron chi connectivity index (χ2n) is 9.60. The summed E-state index contributed by atoms with van der Waals surface area (Å²) in [7, 11) is 2.17. The van der Waals surface area contributed by atoms with Crippen LogP contribution in [0.4, 0.5) is 0 Å². The van der Waals surface area contributed by atoms with Crippen LogP contribution in [0.25, 0.3) is 16.7 Å². The summed E-state index contributed by atoms with van der Waals surface area (Å²) in [5.41, 5.74) is 5.31. The molecular formula is C25H33N5O. The Kier molecular flexibility index (Phi) is 5.75. The number of piperazine rings is 1. The molecule has 1 aliphatic rings. The zero-order valence-electron chi connectivity index (χ0n) is 19.1. The number of aromatic hydroxyl groups is 1. The van der Waals surface area contributed by atoms with Gasteiger partial charge in [0.2, 0.25) is 0 Å². The van der Waals surface area contributed by atoms with E-state index in [1.165, 1.54) is 5.70 Å². The zero-order chi connectivity index (χ0) is 22.2. The molecule has 1 fully saturated rings. The van der Waals surface area contributed by atoms with Gasteiger partial charge in [0.1, 0.15) is 22.5 Å². The molecule has 1 N–H and O–H groups in total. The highest BCUT2D eigenvalue weighted by atomic mass is 16.3. The summed E-state index contributed by atoms with van der Waals surface area (Å²) in [5, 5.41) is 20.3. The van der Waals surface area contributed by atoms with Gasteiger partial charge < -0.3 is 14.9 Å². The van der Waals surface area contributed by atoms with Crippen LogP contribution >= 0.6 is 0 Å². The Balaban J connectivity index is 1.63. The van der Waals surface area contributed by atoms with E-state index in [1.54, 1.807) is 4.80 Å². The predicted octanol–water partition coefficient (Wildman–Crippen LogP) is 4.12. The smallest absolute Gasteiger partial charge is 0.146 e. The maximum Gasteiger partial charge on any atom is 0.146 e. The van der Waals surface area contributed by atoms with Crippen molar-refractivity contribution in [2.45, 2.75) is 39.0 Å². The number of likely N-dealkylation sites (N-methyl/N-ethyl adjacent to an activating group) is 1.